The highest BCUT2D eigenvalue weighted by molar-refractivity contribution is 5.40. The summed E-state index contributed by atoms with van der Waals surface area (Å²) >= 11 is 0. The standard InChI is InChI=1S/C19H22FN/c1-13-7-8-17(12-18(13)20)19(21-2)16-10-9-14-5-3-4-6-15(14)11-16/h7-12,19,21H,3-6H2,1-2H3. The molecule has 2 aromatic carbocycles. The van der Waals surface area contributed by atoms with Gasteiger partial charge >= 0.3 is 0 Å². The van der Waals surface area contributed by atoms with Crippen LogP contribution >= 0.6 is 0 Å². The second-order valence-corrected chi connectivity index (χ2v) is 5.97. The summed E-state index contributed by atoms with van der Waals surface area (Å²) in [6.07, 6.45) is 4.94. The molecule has 0 spiro atoms. The third kappa shape index (κ3) is 2.86. The number of aryl methyl sites for hydroxylation is 3. The van der Waals surface area contributed by atoms with Crippen molar-refractivity contribution in [2.75, 3.05) is 7.05 Å². The summed E-state index contributed by atoms with van der Waals surface area (Å²) in [6, 6.07) is 12.3. The van der Waals surface area contributed by atoms with Crippen LogP contribution in [-0.4, -0.2) is 7.05 Å². The van der Waals surface area contributed by atoms with Crippen LogP contribution < -0.4 is 5.32 Å². The molecular weight excluding hydrogens is 261 g/mol. The van der Waals surface area contributed by atoms with E-state index < -0.39 is 0 Å². The van der Waals surface area contributed by atoms with Gasteiger partial charge in [-0.15, -0.1) is 0 Å². The second kappa shape index (κ2) is 5.98. The molecule has 110 valence electrons. The fraction of sp³-hybridized carbons (Fsp3) is 0.368. The quantitative estimate of drug-likeness (QED) is 0.884. The first-order valence-corrected chi connectivity index (χ1v) is 7.74. The molecule has 0 saturated heterocycles. The minimum absolute atomic E-state index is 0.0485. The Labute approximate surface area is 126 Å². The second-order valence-electron chi connectivity index (χ2n) is 5.97. The Morgan fingerprint density at radius 2 is 1.62 bits per heavy atom. The Hall–Kier alpha value is -1.67. The van der Waals surface area contributed by atoms with Crippen LogP contribution in [0, 0.1) is 12.7 Å². The van der Waals surface area contributed by atoms with Crippen molar-refractivity contribution in [1.29, 1.82) is 0 Å². The van der Waals surface area contributed by atoms with E-state index in [1.165, 1.54) is 42.4 Å². The Kier molecular flexibility index (Phi) is 4.07. The molecule has 0 amide bonds. The molecule has 0 aliphatic heterocycles. The minimum atomic E-state index is -0.134. The number of fused-ring (bicyclic) bond motifs is 1. The van der Waals surface area contributed by atoms with Crippen LogP contribution in [0.4, 0.5) is 4.39 Å². The highest BCUT2D eigenvalue weighted by Gasteiger charge is 2.16. The number of hydrogen-bond donors (Lipinski definition) is 1. The summed E-state index contributed by atoms with van der Waals surface area (Å²) in [5, 5.41) is 3.32. The number of rotatable bonds is 3. The topological polar surface area (TPSA) is 12.0 Å². The summed E-state index contributed by atoms with van der Waals surface area (Å²) in [7, 11) is 1.93. The lowest BCUT2D eigenvalue weighted by atomic mass is 9.88. The lowest BCUT2D eigenvalue weighted by Crippen LogP contribution is -2.18. The summed E-state index contributed by atoms with van der Waals surface area (Å²) in [5.74, 6) is -0.134. The van der Waals surface area contributed by atoms with E-state index in [0.29, 0.717) is 5.56 Å². The van der Waals surface area contributed by atoms with Crippen molar-refractivity contribution < 1.29 is 4.39 Å². The maximum Gasteiger partial charge on any atom is 0.126 e. The van der Waals surface area contributed by atoms with Gasteiger partial charge in [0.25, 0.3) is 0 Å². The van der Waals surface area contributed by atoms with Crippen molar-refractivity contribution in [2.45, 2.75) is 38.6 Å². The van der Waals surface area contributed by atoms with Gasteiger partial charge in [0.05, 0.1) is 6.04 Å². The molecule has 1 aliphatic rings. The van der Waals surface area contributed by atoms with E-state index in [1.807, 2.05) is 19.2 Å². The third-order valence-electron chi connectivity index (χ3n) is 4.52. The lowest BCUT2D eigenvalue weighted by molar-refractivity contribution is 0.607. The first-order valence-electron chi connectivity index (χ1n) is 7.74. The normalized spacial score (nSPS) is 15.6. The molecule has 1 atom stereocenters. The molecule has 0 heterocycles. The van der Waals surface area contributed by atoms with Crippen LogP contribution in [0.5, 0.6) is 0 Å². The van der Waals surface area contributed by atoms with E-state index >= 15 is 0 Å². The number of nitrogens with one attached hydrogen (secondary N) is 1. The van der Waals surface area contributed by atoms with Crippen molar-refractivity contribution in [3.63, 3.8) is 0 Å². The first-order chi connectivity index (χ1) is 10.2. The van der Waals surface area contributed by atoms with E-state index in [2.05, 4.69) is 23.5 Å². The molecule has 0 bridgehead atoms. The number of benzene rings is 2. The van der Waals surface area contributed by atoms with Gasteiger partial charge in [0.15, 0.2) is 0 Å². The fourth-order valence-corrected chi connectivity index (χ4v) is 3.25. The van der Waals surface area contributed by atoms with E-state index in [9.17, 15) is 4.39 Å². The molecule has 3 rings (SSSR count). The highest BCUT2D eigenvalue weighted by atomic mass is 19.1. The van der Waals surface area contributed by atoms with Crippen LogP contribution in [0.3, 0.4) is 0 Å². The zero-order valence-electron chi connectivity index (χ0n) is 12.7. The molecule has 21 heavy (non-hydrogen) atoms. The van der Waals surface area contributed by atoms with Gasteiger partial charge in [-0.3, -0.25) is 0 Å². The van der Waals surface area contributed by atoms with Gasteiger partial charge in [0, 0.05) is 0 Å². The smallest absolute Gasteiger partial charge is 0.126 e. The molecular formula is C19H22FN. The van der Waals surface area contributed by atoms with Gasteiger partial charge in [-0.05, 0) is 73.5 Å². The van der Waals surface area contributed by atoms with Gasteiger partial charge in [0.1, 0.15) is 5.82 Å². The van der Waals surface area contributed by atoms with Crippen LogP contribution in [0.2, 0.25) is 0 Å². The van der Waals surface area contributed by atoms with E-state index in [0.717, 1.165) is 5.56 Å². The molecule has 1 unspecified atom stereocenters. The lowest BCUT2D eigenvalue weighted by Gasteiger charge is -2.22. The Bertz CT molecular complexity index is 648. The van der Waals surface area contributed by atoms with Crippen LogP contribution in [-0.2, 0) is 12.8 Å². The maximum atomic E-state index is 13.8. The molecule has 1 N–H and O–H groups in total. The van der Waals surface area contributed by atoms with Gasteiger partial charge in [-0.2, -0.15) is 0 Å². The van der Waals surface area contributed by atoms with E-state index in [1.54, 1.807) is 13.0 Å². The van der Waals surface area contributed by atoms with E-state index in [-0.39, 0.29) is 11.9 Å². The Balaban J connectivity index is 1.97. The zero-order valence-corrected chi connectivity index (χ0v) is 12.7. The molecule has 0 aromatic heterocycles. The van der Waals surface area contributed by atoms with Gasteiger partial charge < -0.3 is 5.32 Å². The Morgan fingerprint density at radius 3 is 2.33 bits per heavy atom. The van der Waals surface area contributed by atoms with Crippen LogP contribution in [0.15, 0.2) is 36.4 Å². The third-order valence-corrected chi connectivity index (χ3v) is 4.52. The largest absolute Gasteiger partial charge is 0.309 e. The molecule has 0 fully saturated rings. The monoisotopic (exact) mass is 283 g/mol. The first kappa shape index (κ1) is 14.3. The van der Waals surface area contributed by atoms with Crippen molar-refractivity contribution in [2.24, 2.45) is 0 Å². The zero-order chi connectivity index (χ0) is 14.8. The van der Waals surface area contributed by atoms with Gasteiger partial charge in [-0.25, -0.2) is 4.39 Å². The molecule has 0 radical (unpaired) electrons. The summed E-state index contributed by atoms with van der Waals surface area (Å²) in [6.45, 7) is 1.80. The summed E-state index contributed by atoms with van der Waals surface area (Å²) in [5.41, 5.74) is 5.85. The maximum absolute atomic E-state index is 13.8. The van der Waals surface area contributed by atoms with Crippen LogP contribution in [0.25, 0.3) is 0 Å². The summed E-state index contributed by atoms with van der Waals surface area (Å²) in [4.78, 5) is 0. The van der Waals surface area contributed by atoms with Crippen LogP contribution in [0.1, 0.15) is 46.7 Å². The predicted molar refractivity (Wildman–Crippen MR) is 85.1 cm³/mol. The van der Waals surface area contributed by atoms with Crippen molar-refractivity contribution in [3.8, 4) is 0 Å². The molecule has 2 heteroatoms. The van der Waals surface area contributed by atoms with Crippen molar-refractivity contribution >= 4 is 0 Å². The number of halogens is 1. The average molecular weight is 283 g/mol. The minimum Gasteiger partial charge on any atom is -0.309 e. The SMILES string of the molecule is CNC(c1ccc(C)c(F)c1)c1ccc2c(c1)CCCC2. The fourth-order valence-electron chi connectivity index (χ4n) is 3.25. The van der Waals surface area contributed by atoms with Gasteiger partial charge in [-0.1, -0.05) is 30.3 Å². The van der Waals surface area contributed by atoms with Gasteiger partial charge in [0.2, 0.25) is 0 Å². The average Bonchev–Trinajstić information content (AvgIpc) is 2.51. The predicted octanol–water partition coefficient (Wildman–Crippen LogP) is 4.32. The summed E-state index contributed by atoms with van der Waals surface area (Å²) < 4.78 is 13.8. The molecule has 1 aliphatic carbocycles. The van der Waals surface area contributed by atoms with E-state index in [4.69, 9.17) is 0 Å². The highest BCUT2D eigenvalue weighted by Crippen LogP contribution is 2.28. The molecule has 0 saturated carbocycles. The van der Waals surface area contributed by atoms with Crippen molar-refractivity contribution in [1.82, 2.24) is 5.32 Å². The molecule has 1 nitrogen and oxygen atoms in total. The molecule has 2 aromatic rings. The van der Waals surface area contributed by atoms with Crippen molar-refractivity contribution in [3.05, 3.63) is 70.0 Å². The number of hydrogen-bond acceptors (Lipinski definition) is 1. The Morgan fingerprint density at radius 1 is 0.952 bits per heavy atom.